The van der Waals surface area contributed by atoms with E-state index in [1.54, 1.807) is 0 Å². The Morgan fingerprint density at radius 2 is 2.00 bits per heavy atom. The molecular formula is C19H19F. The van der Waals surface area contributed by atoms with Crippen molar-refractivity contribution in [3.63, 3.8) is 0 Å². The Kier molecular flexibility index (Phi) is 3.43. The van der Waals surface area contributed by atoms with E-state index < -0.39 is 6.67 Å². The standard InChI is InChI=1S/C19H19F/c1-13-9-10-15(12-20)19(11-13)18-8-4-6-16-14(2)5-3-7-17(16)18/h3-4,6-11,14H,5,12H2,1-2H3. The van der Waals surface area contributed by atoms with Crippen LogP contribution in [0.1, 0.15) is 41.5 Å². The Balaban J connectivity index is 2.24. The van der Waals surface area contributed by atoms with Crippen molar-refractivity contribution in [2.75, 3.05) is 0 Å². The van der Waals surface area contributed by atoms with Crippen molar-refractivity contribution in [2.45, 2.75) is 32.9 Å². The molecule has 0 nitrogen and oxygen atoms in total. The molecule has 0 N–H and O–H groups in total. The van der Waals surface area contributed by atoms with Gasteiger partial charge in [-0.1, -0.05) is 61.0 Å². The average molecular weight is 266 g/mol. The van der Waals surface area contributed by atoms with Gasteiger partial charge in [-0.25, -0.2) is 4.39 Å². The second-order valence-corrected chi connectivity index (χ2v) is 5.64. The summed E-state index contributed by atoms with van der Waals surface area (Å²) >= 11 is 0. The number of hydrogen-bond donors (Lipinski definition) is 0. The molecule has 0 spiro atoms. The molecule has 0 saturated heterocycles. The molecule has 2 aromatic rings. The normalized spacial score (nSPS) is 17.1. The van der Waals surface area contributed by atoms with Crippen molar-refractivity contribution >= 4 is 6.08 Å². The van der Waals surface area contributed by atoms with Crippen LogP contribution in [0.3, 0.4) is 0 Å². The largest absolute Gasteiger partial charge is 0.246 e. The molecular weight excluding hydrogens is 247 g/mol. The fourth-order valence-corrected chi connectivity index (χ4v) is 3.01. The number of benzene rings is 2. The van der Waals surface area contributed by atoms with Crippen molar-refractivity contribution in [1.29, 1.82) is 0 Å². The first-order chi connectivity index (χ1) is 9.70. The van der Waals surface area contributed by atoms with Crippen molar-refractivity contribution < 1.29 is 4.39 Å². The fourth-order valence-electron chi connectivity index (χ4n) is 3.01. The minimum Gasteiger partial charge on any atom is -0.246 e. The second kappa shape index (κ2) is 5.24. The summed E-state index contributed by atoms with van der Waals surface area (Å²) in [6.07, 6.45) is 5.50. The highest BCUT2D eigenvalue weighted by molar-refractivity contribution is 5.80. The lowest BCUT2D eigenvalue weighted by atomic mass is 9.83. The van der Waals surface area contributed by atoms with Crippen molar-refractivity contribution in [3.8, 4) is 11.1 Å². The Morgan fingerprint density at radius 1 is 1.15 bits per heavy atom. The van der Waals surface area contributed by atoms with E-state index in [1.165, 1.54) is 16.7 Å². The summed E-state index contributed by atoms with van der Waals surface area (Å²) in [5, 5.41) is 0. The fraction of sp³-hybridized carbons (Fsp3) is 0.263. The third kappa shape index (κ3) is 2.18. The molecule has 3 rings (SSSR count). The quantitative estimate of drug-likeness (QED) is 0.658. The zero-order valence-electron chi connectivity index (χ0n) is 12.0. The number of alkyl halides is 1. The third-order valence-corrected chi connectivity index (χ3v) is 4.14. The minimum absolute atomic E-state index is 0.418. The van der Waals surface area contributed by atoms with E-state index in [9.17, 15) is 4.39 Å². The molecule has 0 saturated carbocycles. The molecule has 102 valence electrons. The number of hydrogen-bond acceptors (Lipinski definition) is 0. The van der Waals surface area contributed by atoms with E-state index in [-0.39, 0.29) is 0 Å². The van der Waals surface area contributed by atoms with Crippen LogP contribution in [0.4, 0.5) is 4.39 Å². The zero-order chi connectivity index (χ0) is 14.1. The molecule has 0 amide bonds. The number of aryl methyl sites for hydroxylation is 1. The maximum atomic E-state index is 13.3. The van der Waals surface area contributed by atoms with Crippen LogP contribution in [-0.2, 0) is 6.67 Å². The van der Waals surface area contributed by atoms with Gasteiger partial charge in [0.2, 0.25) is 0 Å². The first-order valence-electron chi connectivity index (χ1n) is 7.16. The van der Waals surface area contributed by atoms with Crippen LogP contribution in [0.15, 0.2) is 42.5 Å². The average Bonchev–Trinajstić information content (AvgIpc) is 2.47. The highest BCUT2D eigenvalue weighted by atomic mass is 19.1. The summed E-state index contributed by atoms with van der Waals surface area (Å²) in [4.78, 5) is 0. The second-order valence-electron chi connectivity index (χ2n) is 5.64. The van der Waals surface area contributed by atoms with E-state index in [1.807, 2.05) is 12.1 Å². The topological polar surface area (TPSA) is 0 Å². The Labute approximate surface area is 120 Å². The van der Waals surface area contributed by atoms with Crippen LogP contribution >= 0.6 is 0 Å². The van der Waals surface area contributed by atoms with Gasteiger partial charge in [-0.3, -0.25) is 0 Å². The van der Waals surface area contributed by atoms with E-state index in [0.29, 0.717) is 5.92 Å². The summed E-state index contributed by atoms with van der Waals surface area (Å²) in [6.45, 7) is 3.89. The lowest BCUT2D eigenvalue weighted by Crippen LogP contribution is -2.02. The Morgan fingerprint density at radius 3 is 2.80 bits per heavy atom. The predicted octanol–water partition coefficient (Wildman–Crippen LogP) is 5.65. The molecule has 1 aliphatic carbocycles. The van der Waals surface area contributed by atoms with Crippen molar-refractivity contribution in [1.82, 2.24) is 0 Å². The molecule has 0 fully saturated rings. The Hall–Kier alpha value is -1.89. The molecule has 2 aromatic carbocycles. The SMILES string of the molecule is Cc1ccc(CF)c(-c2cccc3c2C=CCC3C)c1. The van der Waals surface area contributed by atoms with E-state index in [4.69, 9.17) is 0 Å². The lowest BCUT2D eigenvalue weighted by Gasteiger charge is -2.21. The highest BCUT2D eigenvalue weighted by Crippen LogP contribution is 2.37. The number of fused-ring (bicyclic) bond motifs is 1. The third-order valence-electron chi connectivity index (χ3n) is 4.14. The summed E-state index contributed by atoms with van der Waals surface area (Å²) in [7, 11) is 0. The molecule has 20 heavy (non-hydrogen) atoms. The van der Waals surface area contributed by atoms with Crippen molar-refractivity contribution in [2.24, 2.45) is 0 Å². The van der Waals surface area contributed by atoms with Gasteiger partial charge in [0.1, 0.15) is 6.67 Å². The first-order valence-corrected chi connectivity index (χ1v) is 7.16. The van der Waals surface area contributed by atoms with Gasteiger partial charge in [-0.2, -0.15) is 0 Å². The van der Waals surface area contributed by atoms with Gasteiger partial charge in [0.25, 0.3) is 0 Å². The molecule has 1 unspecified atom stereocenters. The van der Waals surface area contributed by atoms with E-state index in [0.717, 1.165) is 23.1 Å². The maximum absolute atomic E-state index is 13.3. The van der Waals surface area contributed by atoms with Gasteiger partial charge in [0, 0.05) is 0 Å². The van der Waals surface area contributed by atoms with Crippen LogP contribution in [0.5, 0.6) is 0 Å². The molecule has 0 bridgehead atoms. The van der Waals surface area contributed by atoms with Crippen molar-refractivity contribution in [3.05, 3.63) is 64.7 Å². The number of halogens is 1. The van der Waals surface area contributed by atoms with E-state index in [2.05, 4.69) is 50.3 Å². The molecule has 0 radical (unpaired) electrons. The lowest BCUT2D eigenvalue weighted by molar-refractivity contribution is 0.486. The van der Waals surface area contributed by atoms with Gasteiger partial charge in [0.05, 0.1) is 0 Å². The van der Waals surface area contributed by atoms with Crippen LogP contribution in [-0.4, -0.2) is 0 Å². The maximum Gasteiger partial charge on any atom is 0.115 e. The van der Waals surface area contributed by atoms with E-state index >= 15 is 0 Å². The summed E-state index contributed by atoms with van der Waals surface area (Å²) in [6, 6.07) is 12.4. The summed E-state index contributed by atoms with van der Waals surface area (Å²) < 4.78 is 13.3. The number of allylic oxidation sites excluding steroid dienone is 1. The smallest absolute Gasteiger partial charge is 0.115 e. The molecule has 1 atom stereocenters. The van der Waals surface area contributed by atoms with Crippen LogP contribution in [0, 0.1) is 6.92 Å². The van der Waals surface area contributed by atoms with Gasteiger partial charge in [0.15, 0.2) is 0 Å². The van der Waals surface area contributed by atoms with Gasteiger partial charge >= 0.3 is 0 Å². The number of rotatable bonds is 2. The minimum atomic E-state index is -0.418. The summed E-state index contributed by atoms with van der Waals surface area (Å²) in [5.41, 5.74) is 6.76. The first kappa shape index (κ1) is 13.1. The van der Waals surface area contributed by atoms with Gasteiger partial charge in [-0.05, 0) is 47.1 Å². The van der Waals surface area contributed by atoms with Crippen LogP contribution in [0.25, 0.3) is 17.2 Å². The van der Waals surface area contributed by atoms with Gasteiger partial charge in [-0.15, -0.1) is 0 Å². The van der Waals surface area contributed by atoms with Crippen LogP contribution in [0.2, 0.25) is 0 Å². The van der Waals surface area contributed by atoms with Gasteiger partial charge < -0.3 is 0 Å². The molecule has 1 heteroatoms. The zero-order valence-corrected chi connectivity index (χ0v) is 12.0. The summed E-state index contributed by atoms with van der Waals surface area (Å²) in [5.74, 6) is 0.536. The molecule has 0 heterocycles. The molecule has 1 aliphatic rings. The monoisotopic (exact) mass is 266 g/mol. The molecule has 0 aromatic heterocycles. The highest BCUT2D eigenvalue weighted by Gasteiger charge is 2.17. The predicted molar refractivity (Wildman–Crippen MR) is 83.5 cm³/mol. The molecule has 0 aliphatic heterocycles. The Bertz CT molecular complexity index is 667. The van der Waals surface area contributed by atoms with Crippen LogP contribution < -0.4 is 0 Å².